The quantitative estimate of drug-likeness (QED) is 0.339. The third-order valence-electron chi connectivity index (χ3n) is 3.11. The zero-order valence-electron chi connectivity index (χ0n) is 13.4. The highest BCUT2D eigenvalue weighted by Crippen LogP contribution is 2.27. The van der Waals surface area contributed by atoms with E-state index in [1.54, 1.807) is 30.3 Å². The van der Waals surface area contributed by atoms with E-state index in [2.05, 4.69) is 27.8 Å². The normalized spacial score (nSPS) is 10.8. The molecule has 0 fully saturated rings. The van der Waals surface area contributed by atoms with Gasteiger partial charge in [0.2, 0.25) is 0 Å². The van der Waals surface area contributed by atoms with Gasteiger partial charge < -0.3 is 10.1 Å². The maximum atomic E-state index is 12.4. The minimum absolute atomic E-state index is 0.0948. The molecule has 2 rings (SSSR count). The minimum atomic E-state index is -0.583. The Hall–Kier alpha value is -2.26. The zero-order valence-corrected chi connectivity index (χ0v) is 16.5. The summed E-state index contributed by atoms with van der Waals surface area (Å²) in [7, 11) is 0. The summed E-state index contributed by atoms with van der Waals surface area (Å²) in [5, 5.41) is 12.7. The Kier molecular flexibility index (Phi) is 7.28. The van der Waals surface area contributed by atoms with E-state index >= 15 is 0 Å². The van der Waals surface area contributed by atoms with Crippen molar-refractivity contribution in [3.8, 4) is 11.8 Å². The van der Waals surface area contributed by atoms with Gasteiger partial charge in [-0.3, -0.25) is 4.79 Å². The van der Waals surface area contributed by atoms with Gasteiger partial charge in [0.25, 0.3) is 5.91 Å². The van der Waals surface area contributed by atoms with Crippen LogP contribution in [0.1, 0.15) is 5.56 Å². The summed E-state index contributed by atoms with van der Waals surface area (Å²) < 4.78 is 6.34. The van der Waals surface area contributed by atoms with Crippen molar-refractivity contribution in [1.82, 2.24) is 0 Å². The summed E-state index contributed by atoms with van der Waals surface area (Å²) in [6, 6.07) is 11.8. The van der Waals surface area contributed by atoms with Crippen molar-refractivity contribution in [2.75, 3.05) is 11.9 Å². The van der Waals surface area contributed by atoms with Gasteiger partial charge >= 0.3 is 0 Å². The Morgan fingerprint density at radius 1 is 1.27 bits per heavy atom. The van der Waals surface area contributed by atoms with Crippen LogP contribution in [0, 0.1) is 11.3 Å². The van der Waals surface area contributed by atoms with Crippen molar-refractivity contribution in [3.05, 3.63) is 74.7 Å². The average molecular weight is 452 g/mol. The number of hydrogen-bond acceptors (Lipinski definition) is 3. The van der Waals surface area contributed by atoms with Gasteiger partial charge in [-0.1, -0.05) is 51.8 Å². The fourth-order valence-electron chi connectivity index (χ4n) is 2.04. The van der Waals surface area contributed by atoms with E-state index in [0.29, 0.717) is 33.7 Å². The number of carbonyl (C=O) groups excluding carboxylic acids is 1. The zero-order chi connectivity index (χ0) is 19.1. The predicted molar refractivity (Wildman–Crippen MR) is 109 cm³/mol. The molecule has 7 heteroatoms. The molecule has 0 aliphatic rings. The summed E-state index contributed by atoms with van der Waals surface area (Å²) >= 11 is 15.2. The Morgan fingerprint density at radius 3 is 2.58 bits per heavy atom. The van der Waals surface area contributed by atoms with E-state index in [1.165, 1.54) is 18.2 Å². The molecule has 2 aromatic carbocycles. The smallest absolute Gasteiger partial charge is 0.266 e. The summed E-state index contributed by atoms with van der Waals surface area (Å²) in [6.07, 6.45) is 3.06. The van der Waals surface area contributed by atoms with E-state index in [-0.39, 0.29) is 5.57 Å². The molecule has 0 spiro atoms. The largest absolute Gasteiger partial charge is 0.489 e. The molecule has 4 nitrogen and oxygen atoms in total. The van der Waals surface area contributed by atoms with Crippen LogP contribution < -0.4 is 10.1 Å². The van der Waals surface area contributed by atoms with E-state index in [0.717, 1.165) is 4.47 Å². The second kappa shape index (κ2) is 9.44. The minimum Gasteiger partial charge on any atom is -0.489 e. The molecule has 0 radical (unpaired) electrons. The van der Waals surface area contributed by atoms with Crippen LogP contribution in [0.3, 0.4) is 0 Å². The molecular formula is C19H13BrCl2N2O2. The van der Waals surface area contributed by atoms with E-state index < -0.39 is 5.91 Å². The fourth-order valence-corrected chi connectivity index (χ4v) is 2.95. The highest BCUT2D eigenvalue weighted by molar-refractivity contribution is 9.10. The molecule has 1 amide bonds. The number of nitriles is 1. The Bertz CT molecular complexity index is 900. The van der Waals surface area contributed by atoms with Gasteiger partial charge in [0.15, 0.2) is 0 Å². The number of nitrogens with one attached hydrogen (secondary N) is 1. The topological polar surface area (TPSA) is 62.1 Å². The van der Waals surface area contributed by atoms with Gasteiger partial charge in [0, 0.05) is 25.8 Å². The Labute approximate surface area is 169 Å². The molecule has 0 heterocycles. The summed E-state index contributed by atoms with van der Waals surface area (Å²) in [4.78, 5) is 12.4. The molecule has 0 aromatic heterocycles. The van der Waals surface area contributed by atoms with Crippen LogP contribution in [-0.2, 0) is 4.79 Å². The lowest BCUT2D eigenvalue weighted by Crippen LogP contribution is -2.13. The molecule has 0 saturated carbocycles. The summed E-state index contributed by atoms with van der Waals surface area (Å²) in [6.45, 7) is 3.90. The highest BCUT2D eigenvalue weighted by atomic mass is 79.9. The molecule has 1 N–H and O–H groups in total. The van der Waals surface area contributed by atoms with E-state index in [9.17, 15) is 10.1 Å². The molecule has 132 valence electrons. The van der Waals surface area contributed by atoms with E-state index in [4.69, 9.17) is 27.9 Å². The summed E-state index contributed by atoms with van der Waals surface area (Å²) in [5.41, 5.74) is 0.880. The number of anilines is 1. The lowest BCUT2D eigenvalue weighted by atomic mass is 10.1. The second-order valence-corrected chi connectivity index (χ2v) is 6.85. The SMILES string of the molecule is C=CCOc1ccc(Br)cc1C=C(C#N)C(=O)Nc1cc(Cl)cc(Cl)c1. The van der Waals surface area contributed by atoms with Gasteiger partial charge in [-0.25, -0.2) is 0 Å². The first-order valence-electron chi connectivity index (χ1n) is 7.35. The number of halogens is 3. The van der Waals surface area contributed by atoms with Crippen molar-refractivity contribution < 1.29 is 9.53 Å². The van der Waals surface area contributed by atoms with Crippen molar-refractivity contribution in [3.63, 3.8) is 0 Å². The van der Waals surface area contributed by atoms with Crippen molar-refractivity contribution in [2.24, 2.45) is 0 Å². The number of carbonyl (C=O) groups is 1. The number of rotatable bonds is 6. The van der Waals surface area contributed by atoms with E-state index in [1.807, 2.05) is 6.07 Å². The lowest BCUT2D eigenvalue weighted by molar-refractivity contribution is -0.112. The van der Waals surface area contributed by atoms with Gasteiger partial charge in [-0.2, -0.15) is 5.26 Å². The van der Waals surface area contributed by atoms with Crippen LogP contribution in [0.4, 0.5) is 5.69 Å². The molecule has 0 saturated heterocycles. The Balaban J connectivity index is 2.32. The van der Waals surface area contributed by atoms with Gasteiger partial charge in [-0.05, 0) is 42.5 Å². The number of nitrogens with zero attached hydrogens (tertiary/aromatic N) is 1. The monoisotopic (exact) mass is 450 g/mol. The van der Waals surface area contributed by atoms with Gasteiger partial charge in [0.1, 0.15) is 24.0 Å². The molecule has 0 bridgehead atoms. The molecule has 0 unspecified atom stereocenters. The van der Waals surface area contributed by atoms with Crippen LogP contribution in [0.15, 0.2) is 59.1 Å². The van der Waals surface area contributed by atoms with Crippen LogP contribution in [0.5, 0.6) is 5.75 Å². The van der Waals surface area contributed by atoms with Crippen LogP contribution >= 0.6 is 39.1 Å². The first-order valence-corrected chi connectivity index (χ1v) is 8.90. The second-order valence-electron chi connectivity index (χ2n) is 5.06. The molecular weight excluding hydrogens is 439 g/mol. The van der Waals surface area contributed by atoms with Crippen LogP contribution in [0.2, 0.25) is 10.0 Å². The highest BCUT2D eigenvalue weighted by Gasteiger charge is 2.12. The van der Waals surface area contributed by atoms with Gasteiger partial charge in [-0.15, -0.1) is 0 Å². The number of benzene rings is 2. The third kappa shape index (κ3) is 5.63. The lowest BCUT2D eigenvalue weighted by Gasteiger charge is -2.09. The first kappa shape index (κ1) is 20.1. The average Bonchev–Trinajstić information content (AvgIpc) is 2.57. The fraction of sp³-hybridized carbons (Fsp3) is 0.0526. The number of amides is 1. The predicted octanol–water partition coefficient (Wildman–Crippen LogP) is 5.87. The van der Waals surface area contributed by atoms with Crippen molar-refractivity contribution >= 4 is 56.8 Å². The van der Waals surface area contributed by atoms with Crippen molar-refractivity contribution in [2.45, 2.75) is 0 Å². The third-order valence-corrected chi connectivity index (χ3v) is 4.04. The molecule has 26 heavy (non-hydrogen) atoms. The standard InChI is InChI=1S/C19H13BrCl2N2O2/c1-2-5-26-18-4-3-14(20)7-12(18)6-13(11-23)19(25)24-17-9-15(21)8-16(22)10-17/h2-4,6-10H,1,5H2,(H,24,25). The van der Waals surface area contributed by atoms with Gasteiger partial charge in [0.05, 0.1) is 0 Å². The molecule has 2 aromatic rings. The first-order chi connectivity index (χ1) is 12.4. The number of hydrogen-bond donors (Lipinski definition) is 1. The van der Waals surface area contributed by atoms with Crippen LogP contribution in [-0.4, -0.2) is 12.5 Å². The molecule has 0 aliphatic carbocycles. The maximum Gasteiger partial charge on any atom is 0.266 e. The molecule has 0 atom stereocenters. The van der Waals surface area contributed by atoms with Crippen molar-refractivity contribution in [1.29, 1.82) is 5.26 Å². The Morgan fingerprint density at radius 2 is 1.96 bits per heavy atom. The summed E-state index contributed by atoms with van der Waals surface area (Å²) in [5.74, 6) is -0.0556. The number of ether oxygens (including phenoxy) is 1. The molecule has 0 aliphatic heterocycles. The maximum absolute atomic E-state index is 12.4. The van der Waals surface area contributed by atoms with Crippen LogP contribution in [0.25, 0.3) is 6.08 Å².